The molecule has 2 rings (SSSR count). The molecule has 1 atom stereocenters. The van der Waals surface area contributed by atoms with Crippen LogP contribution in [0.2, 0.25) is 10.3 Å². The number of rotatable bonds is 1. The maximum absolute atomic E-state index is 12.4. The summed E-state index contributed by atoms with van der Waals surface area (Å²) in [7, 11) is 0. The SMILES string of the molecule is CC(C)(C)OC(=O)N1CCNCC1c1cc(Cl)nnc1Cl. The van der Waals surface area contributed by atoms with E-state index >= 15 is 0 Å². The monoisotopic (exact) mass is 332 g/mol. The van der Waals surface area contributed by atoms with Gasteiger partial charge in [-0.15, -0.1) is 10.2 Å². The molecule has 1 N–H and O–H groups in total. The van der Waals surface area contributed by atoms with Crippen LogP contribution in [0.1, 0.15) is 32.4 Å². The summed E-state index contributed by atoms with van der Waals surface area (Å²) in [5.41, 5.74) is 0.111. The van der Waals surface area contributed by atoms with Crippen LogP contribution < -0.4 is 5.32 Å². The van der Waals surface area contributed by atoms with E-state index in [1.54, 1.807) is 11.0 Å². The fourth-order valence-electron chi connectivity index (χ4n) is 2.12. The van der Waals surface area contributed by atoms with Crippen LogP contribution in [0.3, 0.4) is 0 Å². The average molecular weight is 333 g/mol. The Kier molecular flexibility index (Phi) is 4.91. The average Bonchev–Trinajstić information content (AvgIpc) is 2.39. The Morgan fingerprint density at radius 3 is 2.81 bits per heavy atom. The maximum Gasteiger partial charge on any atom is 0.410 e. The van der Waals surface area contributed by atoms with Crippen molar-refractivity contribution in [1.29, 1.82) is 0 Å². The van der Waals surface area contributed by atoms with Gasteiger partial charge < -0.3 is 10.1 Å². The van der Waals surface area contributed by atoms with Gasteiger partial charge in [-0.1, -0.05) is 23.2 Å². The molecule has 0 spiro atoms. The maximum atomic E-state index is 12.4. The van der Waals surface area contributed by atoms with Crippen molar-refractivity contribution >= 4 is 29.3 Å². The van der Waals surface area contributed by atoms with E-state index in [-0.39, 0.29) is 22.4 Å². The van der Waals surface area contributed by atoms with E-state index in [1.807, 2.05) is 20.8 Å². The van der Waals surface area contributed by atoms with E-state index in [0.717, 1.165) is 0 Å². The highest BCUT2D eigenvalue weighted by atomic mass is 35.5. The zero-order chi connectivity index (χ0) is 15.6. The highest BCUT2D eigenvalue weighted by molar-refractivity contribution is 6.31. The first-order chi connectivity index (χ1) is 9.78. The van der Waals surface area contributed by atoms with Crippen molar-refractivity contribution in [1.82, 2.24) is 20.4 Å². The summed E-state index contributed by atoms with van der Waals surface area (Å²) in [6.45, 7) is 7.27. The van der Waals surface area contributed by atoms with Crippen LogP contribution in [0.4, 0.5) is 4.79 Å². The van der Waals surface area contributed by atoms with E-state index < -0.39 is 5.60 Å². The quantitative estimate of drug-likeness (QED) is 0.856. The number of carbonyl (C=O) groups excluding carboxylic acids is 1. The van der Waals surface area contributed by atoms with Crippen molar-refractivity contribution in [2.24, 2.45) is 0 Å². The molecular weight excluding hydrogens is 315 g/mol. The molecule has 1 aromatic heterocycles. The lowest BCUT2D eigenvalue weighted by molar-refractivity contribution is 0.0117. The number of hydrogen-bond donors (Lipinski definition) is 1. The zero-order valence-electron chi connectivity index (χ0n) is 12.2. The molecule has 0 bridgehead atoms. The number of amides is 1. The van der Waals surface area contributed by atoms with E-state index in [2.05, 4.69) is 15.5 Å². The lowest BCUT2D eigenvalue weighted by atomic mass is 10.1. The minimum absolute atomic E-state index is 0.238. The zero-order valence-corrected chi connectivity index (χ0v) is 13.7. The molecule has 1 aliphatic rings. The number of piperazine rings is 1. The lowest BCUT2D eigenvalue weighted by Crippen LogP contribution is -2.50. The predicted molar refractivity (Wildman–Crippen MR) is 80.6 cm³/mol. The minimum atomic E-state index is -0.551. The lowest BCUT2D eigenvalue weighted by Gasteiger charge is -2.37. The van der Waals surface area contributed by atoms with Crippen molar-refractivity contribution in [3.63, 3.8) is 0 Å². The van der Waals surface area contributed by atoms with E-state index in [1.165, 1.54) is 0 Å². The number of aromatic nitrogens is 2. The van der Waals surface area contributed by atoms with Crippen molar-refractivity contribution in [2.75, 3.05) is 19.6 Å². The van der Waals surface area contributed by atoms with Crippen molar-refractivity contribution in [3.8, 4) is 0 Å². The summed E-state index contributed by atoms with van der Waals surface area (Å²) in [4.78, 5) is 14.0. The topological polar surface area (TPSA) is 67.3 Å². The Bertz CT molecular complexity index is 533. The second-order valence-corrected chi connectivity index (χ2v) is 6.55. The van der Waals surface area contributed by atoms with Crippen LogP contribution in [0.25, 0.3) is 0 Å². The van der Waals surface area contributed by atoms with Gasteiger partial charge in [0.1, 0.15) is 5.60 Å². The minimum Gasteiger partial charge on any atom is -0.444 e. The number of ether oxygens (including phenoxy) is 1. The number of nitrogens with one attached hydrogen (secondary N) is 1. The smallest absolute Gasteiger partial charge is 0.410 e. The van der Waals surface area contributed by atoms with E-state index in [0.29, 0.717) is 25.2 Å². The van der Waals surface area contributed by atoms with Crippen LogP contribution in [0.5, 0.6) is 0 Å². The van der Waals surface area contributed by atoms with Gasteiger partial charge in [-0.25, -0.2) is 4.79 Å². The fraction of sp³-hybridized carbons (Fsp3) is 0.615. The Morgan fingerprint density at radius 1 is 1.43 bits per heavy atom. The van der Waals surface area contributed by atoms with E-state index in [4.69, 9.17) is 27.9 Å². The molecular formula is C13H18Cl2N4O2. The van der Waals surface area contributed by atoms with Crippen molar-refractivity contribution in [2.45, 2.75) is 32.4 Å². The van der Waals surface area contributed by atoms with Crippen LogP contribution in [-0.4, -0.2) is 46.4 Å². The number of nitrogens with zero attached hydrogens (tertiary/aromatic N) is 3. The third-order valence-corrected chi connectivity index (χ3v) is 3.46. The van der Waals surface area contributed by atoms with Crippen LogP contribution in [0.15, 0.2) is 6.07 Å². The van der Waals surface area contributed by atoms with Crippen molar-refractivity contribution < 1.29 is 9.53 Å². The van der Waals surface area contributed by atoms with Crippen LogP contribution >= 0.6 is 23.2 Å². The third-order valence-electron chi connectivity index (χ3n) is 2.98. The molecule has 0 aromatic carbocycles. The highest BCUT2D eigenvalue weighted by Crippen LogP contribution is 2.29. The summed E-state index contributed by atoms with van der Waals surface area (Å²) >= 11 is 12.0. The normalized spacial score (nSPS) is 19.5. The number of carbonyl (C=O) groups is 1. The first-order valence-electron chi connectivity index (χ1n) is 6.67. The second kappa shape index (κ2) is 6.34. The second-order valence-electron chi connectivity index (χ2n) is 5.81. The van der Waals surface area contributed by atoms with Gasteiger partial charge in [-0.05, 0) is 26.8 Å². The molecule has 1 unspecified atom stereocenters. The molecule has 2 heterocycles. The van der Waals surface area contributed by atoms with Gasteiger partial charge in [0.05, 0.1) is 6.04 Å². The largest absolute Gasteiger partial charge is 0.444 e. The van der Waals surface area contributed by atoms with Gasteiger partial charge in [-0.3, -0.25) is 4.90 Å². The van der Waals surface area contributed by atoms with Gasteiger partial charge in [0.25, 0.3) is 0 Å². The Balaban J connectivity index is 2.27. The molecule has 1 aliphatic heterocycles. The van der Waals surface area contributed by atoms with Crippen LogP contribution in [-0.2, 0) is 4.74 Å². The third kappa shape index (κ3) is 4.18. The Labute approximate surface area is 133 Å². The Hall–Kier alpha value is -1.11. The Morgan fingerprint density at radius 2 is 2.14 bits per heavy atom. The molecule has 8 heteroatoms. The van der Waals surface area contributed by atoms with Gasteiger partial charge in [0.15, 0.2) is 10.3 Å². The van der Waals surface area contributed by atoms with Crippen LogP contribution in [0, 0.1) is 0 Å². The molecule has 1 fully saturated rings. The summed E-state index contributed by atoms with van der Waals surface area (Å²) in [6, 6.07) is 1.35. The summed E-state index contributed by atoms with van der Waals surface area (Å²) < 4.78 is 5.45. The highest BCUT2D eigenvalue weighted by Gasteiger charge is 2.33. The molecule has 21 heavy (non-hydrogen) atoms. The number of hydrogen-bond acceptors (Lipinski definition) is 5. The summed E-state index contributed by atoms with van der Waals surface area (Å²) in [5, 5.41) is 11.2. The molecule has 0 saturated carbocycles. The standard InChI is InChI=1S/C13H18Cl2N4O2/c1-13(2,3)21-12(20)19-5-4-16-7-9(19)8-6-10(14)17-18-11(8)15/h6,9,16H,4-5,7H2,1-3H3. The van der Waals surface area contributed by atoms with Crippen molar-refractivity contribution in [3.05, 3.63) is 21.9 Å². The summed E-state index contributed by atoms with van der Waals surface area (Å²) in [6.07, 6.45) is -0.377. The first kappa shape index (κ1) is 16.3. The van der Waals surface area contributed by atoms with Gasteiger partial charge in [0.2, 0.25) is 0 Å². The molecule has 6 nitrogen and oxygen atoms in total. The first-order valence-corrected chi connectivity index (χ1v) is 7.42. The fourth-order valence-corrected chi connectivity index (χ4v) is 2.49. The molecule has 0 radical (unpaired) electrons. The molecule has 1 amide bonds. The van der Waals surface area contributed by atoms with Gasteiger partial charge in [-0.2, -0.15) is 0 Å². The molecule has 116 valence electrons. The van der Waals surface area contributed by atoms with E-state index in [9.17, 15) is 4.79 Å². The number of halogens is 2. The molecule has 1 saturated heterocycles. The van der Waals surface area contributed by atoms with Gasteiger partial charge >= 0.3 is 6.09 Å². The molecule has 0 aliphatic carbocycles. The molecule has 1 aromatic rings. The van der Waals surface area contributed by atoms with Gasteiger partial charge in [0, 0.05) is 25.2 Å². The summed E-state index contributed by atoms with van der Waals surface area (Å²) in [5.74, 6) is 0. The predicted octanol–water partition coefficient (Wildman–Crippen LogP) is 2.66.